The Labute approximate surface area is 93.1 Å². The molecular weight excluding hydrogens is 226 g/mol. The van der Waals surface area contributed by atoms with Crippen molar-refractivity contribution in [1.82, 2.24) is 15.0 Å². The normalized spacial score (nSPS) is 11.3. The van der Waals surface area contributed by atoms with Gasteiger partial charge in [0.25, 0.3) is 0 Å². The van der Waals surface area contributed by atoms with E-state index in [9.17, 15) is 8.42 Å². The maximum absolute atomic E-state index is 11.4. The summed E-state index contributed by atoms with van der Waals surface area (Å²) in [7, 11) is -3.21. The first-order chi connectivity index (χ1) is 7.57. The van der Waals surface area contributed by atoms with Crippen LogP contribution in [0.4, 0.5) is 0 Å². The van der Waals surface area contributed by atoms with Crippen molar-refractivity contribution >= 4 is 9.84 Å². The molecule has 0 saturated carbocycles. The Hall–Kier alpha value is -1.82. The molecule has 0 aliphatic rings. The minimum atomic E-state index is -3.21. The molecular formula is C10H8N3O2S. The zero-order valence-corrected chi connectivity index (χ0v) is 9.27. The average Bonchev–Trinajstić information content (AvgIpc) is 2.29. The largest absolute Gasteiger partial charge is 0.224 e. The van der Waals surface area contributed by atoms with Crippen molar-refractivity contribution in [1.29, 1.82) is 0 Å². The molecule has 0 fully saturated rings. The molecule has 0 bridgehead atoms. The van der Waals surface area contributed by atoms with Gasteiger partial charge in [0.05, 0.1) is 4.90 Å². The second kappa shape index (κ2) is 3.97. The minimum absolute atomic E-state index is 0.241. The molecule has 5 nitrogen and oxygen atoms in total. The summed E-state index contributed by atoms with van der Waals surface area (Å²) in [6, 6.07) is 6.44. The third kappa shape index (κ3) is 2.22. The maximum Gasteiger partial charge on any atom is 0.201 e. The van der Waals surface area contributed by atoms with Crippen LogP contribution in [0.15, 0.2) is 35.5 Å². The standard InChI is InChI=1S/C10H8N3O2S/c1-16(14,15)9-4-2-3-8(5-9)10-12-6-11-7-13-10/h2-6H,1H3. The van der Waals surface area contributed by atoms with Gasteiger partial charge in [-0.3, -0.25) is 0 Å². The Morgan fingerprint density at radius 2 is 2.12 bits per heavy atom. The number of nitrogens with zero attached hydrogens (tertiary/aromatic N) is 3. The van der Waals surface area contributed by atoms with E-state index in [1.54, 1.807) is 12.1 Å². The van der Waals surface area contributed by atoms with E-state index in [1.165, 1.54) is 18.5 Å². The lowest BCUT2D eigenvalue weighted by Crippen LogP contribution is -1.97. The second-order valence-electron chi connectivity index (χ2n) is 3.21. The Kier molecular flexibility index (Phi) is 2.66. The molecule has 0 aliphatic carbocycles. The molecule has 1 radical (unpaired) electrons. The van der Waals surface area contributed by atoms with E-state index in [4.69, 9.17) is 0 Å². The molecule has 1 aromatic carbocycles. The molecule has 0 aliphatic heterocycles. The molecule has 16 heavy (non-hydrogen) atoms. The Bertz CT molecular complexity index is 596. The summed E-state index contributed by atoms with van der Waals surface area (Å²) in [6.45, 7) is 0. The van der Waals surface area contributed by atoms with E-state index < -0.39 is 9.84 Å². The summed E-state index contributed by atoms with van der Waals surface area (Å²) in [5.41, 5.74) is 0.626. The first-order valence-electron chi connectivity index (χ1n) is 4.43. The third-order valence-electron chi connectivity index (χ3n) is 1.97. The topological polar surface area (TPSA) is 72.8 Å². The third-order valence-corrected chi connectivity index (χ3v) is 3.08. The van der Waals surface area contributed by atoms with Gasteiger partial charge in [0.2, 0.25) is 6.33 Å². The lowest BCUT2D eigenvalue weighted by molar-refractivity contribution is 0.602. The molecule has 0 amide bonds. The van der Waals surface area contributed by atoms with Crippen LogP contribution in [-0.2, 0) is 9.84 Å². The predicted molar refractivity (Wildman–Crippen MR) is 57.2 cm³/mol. The van der Waals surface area contributed by atoms with E-state index in [0.717, 1.165) is 6.26 Å². The van der Waals surface area contributed by atoms with Crippen LogP contribution in [0.2, 0.25) is 0 Å². The summed E-state index contributed by atoms with van der Waals surface area (Å²) in [5.74, 6) is 0.403. The fourth-order valence-electron chi connectivity index (χ4n) is 1.22. The number of sulfone groups is 1. The number of benzene rings is 1. The quantitative estimate of drug-likeness (QED) is 0.766. The number of aromatic nitrogens is 3. The van der Waals surface area contributed by atoms with Crippen molar-refractivity contribution in [2.75, 3.05) is 6.26 Å². The first kappa shape index (κ1) is 10.7. The molecule has 0 saturated heterocycles. The summed E-state index contributed by atoms with van der Waals surface area (Å²) in [5, 5.41) is 0. The number of hydrogen-bond donors (Lipinski definition) is 0. The second-order valence-corrected chi connectivity index (χ2v) is 5.22. The van der Waals surface area contributed by atoms with Gasteiger partial charge in [-0.05, 0) is 12.1 Å². The van der Waals surface area contributed by atoms with Crippen molar-refractivity contribution in [2.45, 2.75) is 4.90 Å². The molecule has 2 aromatic rings. The highest BCUT2D eigenvalue weighted by Crippen LogP contribution is 2.18. The van der Waals surface area contributed by atoms with Gasteiger partial charge in [-0.1, -0.05) is 12.1 Å². The molecule has 0 unspecified atom stereocenters. The van der Waals surface area contributed by atoms with Crippen molar-refractivity contribution in [2.24, 2.45) is 0 Å². The fraction of sp³-hybridized carbons (Fsp3) is 0.100. The highest BCUT2D eigenvalue weighted by molar-refractivity contribution is 7.90. The molecule has 2 rings (SSSR count). The van der Waals surface area contributed by atoms with Gasteiger partial charge in [-0.25, -0.2) is 23.4 Å². The van der Waals surface area contributed by atoms with Gasteiger partial charge in [-0.2, -0.15) is 0 Å². The van der Waals surface area contributed by atoms with E-state index in [2.05, 4.69) is 21.3 Å². The lowest BCUT2D eigenvalue weighted by Gasteiger charge is -2.01. The highest BCUT2D eigenvalue weighted by atomic mass is 32.2. The van der Waals surface area contributed by atoms with Crippen LogP contribution in [0, 0.1) is 6.33 Å². The number of hydrogen-bond acceptors (Lipinski definition) is 5. The van der Waals surface area contributed by atoms with Crippen LogP contribution in [0.5, 0.6) is 0 Å². The molecule has 1 aromatic heterocycles. The highest BCUT2D eigenvalue weighted by Gasteiger charge is 2.09. The Morgan fingerprint density at radius 1 is 1.31 bits per heavy atom. The zero-order chi connectivity index (χ0) is 11.6. The maximum atomic E-state index is 11.4. The monoisotopic (exact) mass is 234 g/mol. The Morgan fingerprint density at radius 3 is 2.75 bits per heavy atom. The van der Waals surface area contributed by atoms with Crippen LogP contribution in [0.1, 0.15) is 0 Å². The van der Waals surface area contributed by atoms with Crippen molar-refractivity contribution in [3.05, 3.63) is 36.9 Å². The molecule has 0 atom stereocenters. The molecule has 0 spiro atoms. The van der Waals surface area contributed by atoms with E-state index in [0.29, 0.717) is 11.4 Å². The zero-order valence-electron chi connectivity index (χ0n) is 8.45. The van der Waals surface area contributed by atoms with Crippen molar-refractivity contribution in [3.63, 3.8) is 0 Å². The van der Waals surface area contributed by atoms with E-state index >= 15 is 0 Å². The molecule has 6 heteroatoms. The average molecular weight is 234 g/mol. The van der Waals surface area contributed by atoms with Gasteiger partial charge >= 0.3 is 0 Å². The van der Waals surface area contributed by atoms with Crippen LogP contribution < -0.4 is 0 Å². The van der Waals surface area contributed by atoms with Crippen molar-refractivity contribution < 1.29 is 8.42 Å². The minimum Gasteiger partial charge on any atom is -0.224 e. The van der Waals surface area contributed by atoms with Crippen molar-refractivity contribution in [3.8, 4) is 11.4 Å². The smallest absolute Gasteiger partial charge is 0.201 e. The van der Waals surface area contributed by atoms with Crippen LogP contribution in [0.25, 0.3) is 11.4 Å². The summed E-state index contributed by atoms with van der Waals surface area (Å²) in [6.07, 6.45) is 4.88. The fourth-order valence-corrected chi connectivity index (χ4v) is 1.89. The van der Waals surface area contributed by atoms with Gasteiger partial charge in [0.15, 0.2) is 15.7 Å². The lowest BCUT2D eigenvalue weighted by atomic mass is 10.2. The predicted octanol–water partition coefficient (Wildman–Crippen LogP) is 0.742. The molecule has 81 valence electrons. The van der Waals surface area contributed by atoms with Crippen LogP contribution >= 0.6 is 0 Å². The molecule has 0 N–H and O–H groups in total. The Balaban J connectivity index is 2.53. The summed E-state index contributed by atoms with van der Waals surface area (Å²) in [4.78, 5) is 11.6. The van der Waals surface area contributed by atoms with E-state index in [-0.39, 0.29) is 4.90 Å². The van der Waals surface area contributed by atoms with E-state index in [1.807, 2.05) is 0 Å². The van der Waals surface area contributed by atoms with Crippen LogP contribution in [0.3, 0.4) is 0 Å². The van der Waals surface area contributed by atoms with Gasteiger partial charge in [0.1, 0.15) is 6.33 Å². The summed E-state index contributed by atoms with van der Waals surface area (Å²) >= 11 is 0. The van der Waals surface area contributed by atoms with Gasteiger partial charge < -0.3 is 0 Å². The first-order valence-corrected chi connectivity index (χ1v) is 6.32. The van der Waals surface area contributed by atoms with Gasteiger partial charge in [0, 0.05) is 11.8 Å². The SMILES string of the molecule is CS(=O)(=O)c1cccc(-c2n[c]ncn2)c1. The van der Waals surface area contributed by atoms with Crippen LogP contribution in [-0.4, -0.2) is 29.6 Å². The molecule has 1 heterocycles. The van der Waals surface area contributed by atoms with Gasteiger partial charge in [-0.15, -0.1) is 0 Å². The summed E-state index contributed by atoms with van der Waals surface area (Å²) < 4.78 is 22.7. The number of rotatable bonds is 2.